The van der Waals surface area contributed by atoms with Gasteiger partial charge < -0.3 is 4.42 Å². The first kappa shape index (κ1) is 16.0. The molecule has 5 rings (SSSR count). The molecule has 2 aromatic heterocycles. The zero-order valence-corrected chi connectivity index (χ0v) is 15.4. The average molecular weight is 351 g/mol. The molecule has 1 aliphatic heterocycles. The first-order valence-corrected chi connectivity index (χ1v) is 9.79. The minimum absolute atomic E-state index is 0.274. The molecular formula is C20H25N5O. The average Bonchev–Trinajstić information content (AvgIpc) is 3.26. The molecule has 6 nitrogen and oxygen atoms in total. The quantitative estimate of drug-likeness (QED) is 0.699. The molecule has 1 aromatic carbocycles. The second-order valence-corrected chi connectivity index (χ2v) is 7.83. The van der Waals surface area contributed by atoms with Crippen LogP contribution in [0, 0.1) is 0 Å². The lowest BCUT2D eigenvalue weighted by atomic mass is 10.0. The molecule has 2 aliphatic rings. The third kappa shape index (κ3) is 2.63. The second kappa shape index (κ2) is 6.20. The zero-order valence-electron chi connectivity index (χ0n) is 15.4. The van der Waals surface area contributed by atoms with Crippen LogP contribution in [-0.2, 0) is 0 Å². The molecule has 3 aromatic rings. The smallest absolute Gasteiger partial charge is 0.268 e. The van der Waals surface area contributed by atoms with E-state index in [1.54, 1.807) is 0 Å². The van der Waals surface area contributed by atoms with Crippen LogP contribution in [0.5, 0.6) is 0 Å². The highest BCUT2D eigenvalue weighted by Gasteiger charge is 2.38. The molecule has 136 valence electrons. The van der Waals surface area contributed by atoms with E-state index in [0.29, 0.717) is 5.89 Å². The van der Waals surface area contributed by atoms with Crippen molar-refractivity contribution in [2.75, 3.05) is 6.54 Å². The molecule has 6 heteroatoms. The summed E-state index contributed by atoms with van der Waals surface area (Å²) in [7, 11) is 0. The molecule has 0 N–H and O–H groups in total. The van der Waals surface area contributed by atoms with Gasteiger partial charge in [0.2, 0.25) is 5.89 Å². The van der Waals surface area contributed by atoms with Gasteiger partial charge in [0, 0.05) is 17.5 Å². The number of rotatable bonds is 4. The van der Waals surface area contributed by atoms with E-state index in [4.69, 9.17) is 9.52 Å². The number of likely N-dealkylation sites (tertiary alicyclic amines) is 1. The lowest BCUT2D eigenvalue weighted by Crippen LogP contribution is -2.35. The van der Waals surface area contributed by atoms with E-state index in [0.717, 1.165) is 41.5 Å². The van der Waals surface area contributed by atoms with Crippen LogP contribution in [-0.4, -0.2) is 37.5 Å². The lowest BCUT2D eigenvalue weighted by molar-refractivity contribution is 0.117. The number of nitrogens with zero attached hydrogens (tertiary/aromatic N) is 5. The standard InChI is InChI=1S/C20H25N5O/c1-13(2)25-16-8-4-3-7-15(16)18(23-25)20-22-21-19(26-20)17-9-5-6-12-24(17)14-10-11-14/h3-4,7-8,13-14,17H,5-6,9-12H2,1-2H3. The third-order valence-electron chi connectivity index (χ3n) is 5.59. The van der Waals surface area contributed by atoms with E-state index in [-0.39, 0.29) is 12.1 Å². The van der Waals surface area contributed by atoms with Crippen molar-refractivity contribution in [3.05, 3.63) is 30.2 Å². The van der Waals surface area contributed by atoms with Gasteiger partial charge in [-0.15, -0.1) is 10.2 Å². The molecule has 1 atom stereocenters. The van der Waals surface area contributed by atoms with Crippen molar-refractivity contribution in [1.82, 2.24) is 24.9 Å². The third-order valence-corrected chi connectivity index (χ3v) is 5.59. The van der Waals surface area contributed by atoms with Crippen LogP contribution in [0.4, 0.5) is 0 Å². The minimum atomic E-state index is 0.274. The number of benzene rings is 1. The van der Waals surface area contributed by atoms with Gasteiger partial charge in [-0.05, 0) is 52.1 Å². The number of piperidine rings is 1. The van der Waals surface area contributed by atoms with Gasteiger partial charge >= 0.3 is 0 Å². The Kier molecular flexibility index (Phi) is 3.81. The van der Waals surface area contributed by atoms with Crippen LogP contribution in [0.25, 0.3) is 22.5 Å². The highest BCUT2D eigenvalue weighted by Crippen LogP contribution is 2.40. The van der Waals surface area contributed by atoms with Crippen molar-refractivity contribution in [1.29, 1.82) is 0 Å². The van der Waals surface area contributed by atoms with Gasteiger partial charge in [0.1, 0.15) is 0 Å². The Bertz CT molecular complexity index is 923. The summed E-state index contributed by atoms with van der Waals surface area (Å²) in [4.78, 5) is 2.58. The predicted molar refractivity (Wildman–Crippen MR) is 99.7 cm³/mol. The highest BCUT2D eigenvalue weighted by molar-refractivity contribution is 5.91. The molecule has 0 amide bonds. The van der Waals surface area contributed by atoms with Gasteiger partial charge in [-0.2, -0.15) is 5.10 Å². The molecule has 3 heterocycles. The largest absolute Gasteiger partial charge is 0.417 e. The summed E-state index contributed by atoms with van der Waals surface area (Å²) < 4.78 is 8.21. The Morgan fingerprint density at radius 3 is 2.73 bits per heavy atom. The van der Waals surface area contributed by atoms with Crippen LogP contribution in [0.2, 0.25) is 0 Å². The number of fused-ring (bicyclic) bond motifs is 1. The fourth-order valence-corrected chi connectivity index (χ4v) is 4.17. The topological polar surface area (TPSA) is 60.0 Å². The first-order chi connectivity index (χ1) is 12.7. The number of hydrogen-bond donors (Lipinski definition) is 0. The van der Waals surface area contributed by atoms with Crippen molar-refractivity contribution in [3.63, 3.8) is 0 Å². The molecule has 26 heavy (non-hydrogen) atoms. The van der Waals surface area contributed by atoms with E-state index >= 15 is 0 Å². The molecule has 2 fully saturated rings. The molecule has 1 aliphatic carbocycles. The van der Waals surface area contributed by atoms with Gasteiger partial charge in [0.15, 0.2) is 5.69 Å². The summed E-state index contributed by atoms with van der Waals surface area (Å²) in [6.45, 7) is 5.42. The highest BCUT2D eigenvalue weighted by atomic mass is 16.4. The summed E-state index contributed by atoms with van der Waals surface area (Å²) in [5.41, 5.74) is 1.90. The summed E-state index contributed by atoms with van der Waals surface area (Å²) in [6, 6.07) is 9.52. The fourth-order valence-electron chi connectivity index (χ4n) is 4.17. The second-order valence-electron chi connectivity index (χ2n) is 7.83. The van der Waals surface area contributed by atoms with Gasteiger partial charge in [-0.1, -0.05) is 24.6 Å². The summed E-state index contributed by atoms with van der Waals surface area (Å²) >= 11 is 0. The molecule has 0 radical (unpaired) electrons. The van der Waals surface area contributed by atoms with Gasteiger partial charge in [0.25, 0.3) is 5.89 Å². The van der Waals surface area contributed by atoms with Crippen molar-refractivity contribution in [2.24, 2.45) is 0 Å². The predicted octanol–water partition coefficient (Wildman–Crippen LogP) is 4.36. The summed E-state index contributed by atoms with van der Waals surface area (Å²) in [5, 5.41) is 14.7. The van der Waals surface area contributed by atoms with Crippen LogP contribution in [0.15, 0.2) is 28.7 Å². The van der Waals surface area contributed by atoms with Gasteiger partial charge in [0.05, 0.1) is 11.6 Å². The Hall–Kier alpha value is -2.21. The van der Waals surface area contributed by atoms with Gasteiger partial charge in [-0.25, -0.2) is 0 Å². The molecule has 1 saturated heterocycles. The van der Waals surface area contributed by atoms with E-state index in [9.17, 15) is 0 Å². The van der Waals surface area contributed by atoms with Crippen molar-refractivity contribution in [3.8, 4) is 11.6 Å². The van der Waals surface area contributed by atoms with Crippen LogP contribution >= 0.6 is 0 Å². The minimum Gasteiger partial charge on any atom is -0.417 e. The molecule has 0 bridgehead atoms. The van der Waals surface area contributed by atoms with Crippen molar-refractivity contribution in [2.45, 2.75) is 64.1 Å². The van der Waals surface area contributed by atoms with Gasteiger partial charge in [-0.3, -0.25) is 9.58 Å². The Labute approximate surface area is 153 Å². The molecule has 1 saturated carbocycles. The monoisotopic (exact) mass is 351 g/mol. The number of aromatic nitrogens is 4. The van der Waals surface area contributed by atoms with E-state index in [1.165, 1.54) is 25.7 Å². The maximum atomic E-state index is 6.18. The van der Waals surface area contributed by atoms with Crippen LogP contribution in [0.3, 0.4) is 0 Å². The Morgan fingerprint density at radius 1 is 1.08 bits per heavy atom. The molecule has 0 spiro atoms. The summed E-state index contributed by atoms with van der Waals surface area (Å²) in [5.74, 6) is 1.30. The number of para-hydroxylation sites is 1. The first-order valence-electron chi connectivity index (χ1n) is 9.79. The van der Waals surface area contributed by atoms with Crippen LogP contribution < -0.4 is 0 Å². The normalized spacial score (nSPS) is 21.7. The van der Waals surface area contributed by atoms with Crippen molar-refractivity contribution >= 4 is 10.9 Å². The lowest BCUT2D eigenvalue weighted by Gasteiger charge is -2.33. The van der Waals surface area contributed by atoms with Crippen molar-refractivity contribution < 1.29 is 4.42 Å². The summed E-state index contributed by atoms with van der Waals surface area (Å²) in [6.07, 6.45) is 6.23. The maximum Gasteiger partial charge on any atom is 0.268 e. The zero-order chi connectivity index (χ0) is 17.7. The molecule has 1 unspecified atom stereocenters. The van der Waals surface area contributed by atoms with E-state index in [1.807, 2.05) is 16.8 Å². The fraction of sp³-hybridized carbons (Fsp3) is 0.550. The number of hydrogen-bond acceptors (Lipinski definition) is 5. The van der Waals surface area contributed by atoms with E-state index < -0.39 is 0 Å². The maximum absolute atomic E-state index is 6.18. The van der Waals surface area contributed by atoms with E-state index in [2.05, 4.69) is 41.1 Å². The van der Waals surface area contributed by atoms with Crippen LogP contribution in [0.1, 0.15) is 63.9 Å². The SMILES string of the molecule is CC(C)n1nc(-c2nnc(C3CCCCN3C3CC3)o2)c2ccccc21. The molecular weight excluding hydrogens is 326 g/mol. The Balaban J connectivity index is 1.53. The Morgan fingerprint density at radius 2 is 1.92 bits per heavy atom.